The van der Waals surface area contributed by atoms with Gasteiger partial charge in [-0.1, -0.05) is 28.9 Å². The van der Waals surface area contributed by atoms with Gasteiger partial charge in [-0.2, -0.15) is 9.29 Å². The summed E-state index contributed by atoms with van der Waals surface area (Å²) >= 11 is 5.95. The van der Waals surface area contributed by atoms with Gasteiger partial charge in [-0.05, 0) is 37.1 Å². The molecule has 1 aromatic carbocycles. The number of imidazole rings is 1. The third-order valence-corrected chi connectivity index (χ3v) is 7.97. The monoisotopic (exact) mass is 501 g/mol. The zero-order chi connectivity index (χ0) is 23.9. The fraction of sp³-hybridized carbons (Fsp3) is 0.273. The molecule has 10 nitrogen and oxygen atoms in total. The summed E-state index contributed by atoms with van der Waals surface area (Å²) in [5.74, 6) is 0.133. The molecule has 0 unspecified atom stereocenters. The number of carbonyl (C=O) groups is 1. The van der Waals surface area contributed by atoms with Crippen LogP contribution in [0.15, 0.2) is 58.2 Å². The van der Waals surface area contributed by atoms with Crippen LogP contribution in [0.4, 0.5) is 0 Å². The molecule has 0 amide bonds. The lowest BCUT2D eigenvalue weighted by atomic mass is 9.98. The van der Waals surface area contributed by atoms with E-state index in [1.807, 2.05) is 18.3 Å². The topological polar surface area (TPSA) is 120 Å². The number of pyridine rings is 1. The lowest BCUT2D eigenvalue weighted by Gasteiger charge is -2.30. The highest BCUT2D eigenvalue weighted by atomic mass is 35.5. The largest absolute Gasteiger partial charge is 0.465 e. The summed E-state index contributed by atoms with van der Waals surface area (Å²) in [5.41, 5.74) is 1.47. The second-order valence-electron chi connectivity index (χ2n) is 7.87. The van der Waals surface area contributed by atoms with E-state index in [-0.39, 0.29) is 29.5 Å². The Morgan fingerprint density at radius 2 is 1.88 bits per heavy atom. The third-order valence-electron chi connectivity index (χ3n) is 5.83. The molecule has 1 aliphatic rings. The van der Waals surface area contributed by atoms with Gasteiger partial charge in [0.25, 0.3) is 0 Å². The van der Waals surface area contributed by atoms with E-state index in [4.69, 9.17) is 20.9 Å². The van der Waals surface area contributed by atoms with Crippen molar-refractivity contribution in [3.05, 3.63) is 65.4 Å². The molecule has 0 spiro atoms. The Balaban J connectivity index is 1.31. The Hall–Kier alpha value is -3.28. The molecule has 176 valence electrons. The number of rotatable bonds is 5. The fourth-order valence-corrected chi connectivity index (χ4v) is 5.91. The van der Waals surface area contributed by atoms with Gasteiger partial charge in [0, 0.05) is 37.0 Å². The fourth-order valence-electron chi connectivity index (χ4n) is 4.06. The molecule has 4 aromatic rings. The number of esters is 1. The van der Waals surface area contributed by atoms with Crippen molar-refractivity contribution in [1.82, 2.24) is 23.8 Å². The van der Waals surface area contributed by atoms with E-state index in [2.05, 4.69) is 15.1 Å². The lowest BCUT2D eigenvalue weighted by Crippen LogP contribution is -2.38. The van der Waals surface area contributed by atoms with Gasteiger partial charge in [0.1, 0.15) is 10.8 Å². The van der Waals surface area contributed by atoms with Crippen molar-refractivity contribution in [2.75, 3.05) is 20.2 Å². The van der Waals surface area contributed by atoms with Gasteiger partial charge >= 0.3 is 5.97 Å². The minimum absolute atomic E-state index is 0.0183. The predicted octanol–water partition coefficient (Wildman–Crippen LogP) is 3.39. The SMILES string of the molecule is COC(=O)c1ccccc1S(=O)(=O)N1CCC(c2nc(-c3ccc4nc(Cl)cn4c3)no2)CC1. The van der Waals surface area contributed by atoms with Crippen molar-refractivity contribution >= 4 is 33.2 Å². The normalized spacial score (nSPS) is 15.6. The van der Waals surface area contributed by atoms with Crippen molar-refractivity contribution in [1.29, 1.82) is 0 Å². The number of halogens is 1. The van der Waals surface area contributed by atoms with Crippen LogP contribution in [0.25, 0.3) is 17.0 Å². The van der Waals surface area contributed by atoms with Crippen LogP contribution in [0.3, 0.4) is 0 Å². The number of fused-ring (bicyclic) bond motifs is 1. The number of ether oxygens (including phenoxy) is 1. The molecule has 3 aromatic heterocycles. The first kappa shape index (κ1) is 22.5. The molecule has 0 atom stereocenters. The van der Waals surface area contributed by atoms with Crippen LogP contribution >= 0.6 is 11.6 Å². The first-order valence-corrected chi connectivity index (χ1v) is 12.3. The highest BCUT2D eigenvalue weighted by Crippen LogP contribution is 2.32. The van der Waals surface area contributed by atoms with E-state index in [1.165, 1.54) is 23.5 Å². The van der Waals surface area contributed by atoms with Crippen molar-refractivity contribution in [3.63, 3.8) is 0 Å². The maximum absolute atomic E-state index is 13.2. The van der Waals surface area contributed by atoms with Crippen molar-refractivity contribution < 1.29 is 22.5 Å². The highest BCUT2D eigenvalue weighted by molar-refractivity contribution is 7.89. The summed E-state index contributed by atoms with van der Waals surface area (Å²) in [6, 6.07) is 9.70. The van der Waals surface area contributed by atoms with Crippen molar-refractivity contribution in [2.45, 2.75) is 23.7 Å². The molecule has 5 rings (SSSR count). The summed E-state index contributed by atoms with van der Waals surface area (Å²) < 4.78 is 39.8. The first-order valence-electron chi connectivity index (χ1n) is 10.5. The number of hydrogen-bond donors (Lipinski definition) is 0. The average molecular weight is 502 g/mol. The van der Waals surface area contributed by atoms with E-state index in [1.54, 1.807) is 22.7 Å². The number of hydrogen-bond acceptors (Lipinski definition) is 8. The van der Waals surface area contributed by atoms with Crippen LogP contribution in [-0.2, 0) is 14.8 Å². The summed E-state index contributed by atoms with van der Waals surface area (Å²) in [7, 11) is -2.64. The number of sulfonamides is 1. The number of nitrogens with zero attached hydrogens (tertiary/aromatic N) is 5. The maximum atomic E-state index is 13.2. The smallest absolute Gasteiger partial charge is 0.339 e. The Bertz CT molecular complexity index is 1470. The molecule has 0 N–H and O–H groups in total. The average Bonchev–Trinajstić information content (AvgIpc) is 3.49. The molecule has 0 radical (unpaired) electrons. The van der Waals surface area contributed by atoms with Gasteiger partial charge in [0.05, 0.1) is 17.6 Å². The van der Waals surface area contributed by atoms with E-state index < -0.39 is 16.0 Å². The van der Waals surface area contributed by atoms with Crippen LogP contribution in [0, 0.1) is 0 Å². The molecular formula is C22H20ClN5O5S. The minimum Gasteiger partial charge on any atom is -0.465 e. The number of methoxy groups -OCH3 is 1. The van der Waals surface area contributed by atoms with Crippen LogP contribution in [-0.4, -0.2) is 58.4 Å². The molecule has 12 heteroatoms. The molecule has 0 bridgehead atoms. The molecule has 1 saturated heterocycles. The van der Waals surface area contributed by atoms with Gasteiger partial charge in [0.15, 0.2) is 0 Å². The van der Waals surface area contributed by atoms with Gasteiger partial charge in [-0.15, -0.1) is 0 Å². The number of aromatic nitrogens is 4. The van der Waals surface area contributed by atoms with Crippen molar-refractivity contribution in [2.24, 2.45) is 0 Å². The first-order chi connectivity index (χ1) is 16.4. The van der Waals surface area contributed by atoms with Crippen LogP contribution in [0.1, 0.15) is 35.0 Å². The standard InChI is InChI=1S/C22H20ClN5O5S/c1-32-22(29)16-4-2-3-5-17(16)34(30,31)28-10-8-14(9-11-28)21-25-20(26-33-21)15-6-7-19-24-18(23)13-27(19)12-15/h2-7,12-14H,8-11H2,1H3. The molecule has 34 heavy (non-hydrogen) atoms. The second-order valence-corrected chi connectivity index (χ2v) is 10.2. The van der Waals surface area contributed by atoms with Crippen LogP contribution in [0.5, 0.6) is 0 Å². The summed E-state index contributed by atoms with van der Waals surface area (Å²) in [6.45, 7) is 0.527. The van der Waals surface area contributed by atoms with Crippen LogP contribution < -0.4 is 0 Å². The number of carbonyl (C=O) groups excluding carboxylic acids is 1. The Morgan fingerprint density at radius 1 is 1.12 bits per heavy atom. The third kappa shape index (κ3) is 4.06. The molecule has 1 fully saturated rings. The molecule has 4 heterocycles. The van der Waals surface area contributed by atoms with Crippen molar-refractivity contribution in [3.8, 4) is 11.4 Å². The number of benzene rings is 1. The lowest BCUT2D eigenvalue weighted by molar-refractivity contribution is 0.0596. The molecule has 1 aliphatic heterocycles. The Labute approximate surface area is 200 Å². The summed E-state index contributed by atoms with van der Waals surface area (Å²) in [5, 5.41) is 4.49. The quantitative estimate of drug-likeness (QED) is 0.381. The van der Waals surface area contributed by atoms with Gasteiger partial charge in [-0.25, -0.2) is 18.2 Å². The Kier molecular flexibility index (Phi) is 5.84. The number of piperidine rings is 1. The minimum atomic E-state index is -3.86. The van der Waals surface area contributed by atoms with E-state index >= 15 is 0 Å². The zero-order valence-corrected chi connectivity index (χ0v) is 19.7. The summed E-state index contributed by atoms with van der Waals surface area (Å²) in [6.07, 6.45) is 4.53. The second kappa shape index (κ2) is 8.82. The van der Waals surface area contributed by atoms with E-state index in [0.29, 0.717) is 35.4 Å². The van der Waals surface area contributed by atoms with Crippen LogP contribution in [0.2, 0.25) is 5.15 Å². The molecule has 0 saturated carbocycles. The molecular weight excluding hydrogens is 482 g/mol. The van der Waals surface area contributed by atoms with Gasteiger partial charge in [0.2, 0.25) is 21.7 Å². The highest BCUT2D eigenvalue weighted by Gasteiger charge is 2.34. The zero-order valence-electron chi connectivity index (χ0n) is 18.1. The van der Waals surface area contributed by atoms with Gasteiger partial charge in [-0.3, -0.25) is 0 Å². The van der Waals surface area contributed by atoms with Gasteiger partial charge < -0.3 is 13.7 Å². The molecule has 0 aliphatic carbocycles. The predicted molar refractivity (Wildman–Crippen MR) is 122 cm³/mol. The summed E-state index contributed by atoms with van der Waals surface area (Å²) in [4.78, 5) is 20.7. The van der Waals surface area contributed by atoms with E-state index in [9.17, 15) is 13.2 Å². The Morgan fingerprint density at radius 3 is 2.65 bits per heavy atom. The van der Waals surface area contributed by atoms with E-state index in [0.717, 1.165) is 5.56 Å². The maximum Gasteiger partial charge on any atom is 0.339 e.